The van der Waals surface area contributed by atoms with Crippen LogP contribution in [-0.2, 0) is 14.8 Å². The molecule has 1 rings (SSSR count). The molecule has 0 aliphatic rings. The molecule has 6 nitrogen and oxygen atoms in total. The lowest BCUT2D eigenvalue weighted by atomic mass is 10.3. The van der Waals surface area contributed by atoms with Crippen LogP contribution >= 0.6 is 11.3 Å². The van der Waals surface area contributed by atoms with Gasteiger partial charge in [-0.3, -0.25) is 0 Å². The number of thiophene rings is 1. The average Bonchev–Trinajstić information content (AvgIpc) is 2.86. The monoisotopic (exact) mass is 314 g/mol. The van der Waals surface area contributed by atoms with E-state index in [-0.39, 0.29) is 4.88 Å². The fraction of sp³-hybridized carbons (Fsp3) is 0.444. The number of sulfonamides is 1. The van der Waals surface area contributed by atoms with Crippen molar-refractivity contribution < 1.29 is 26.7 Å². The first-order valence-electron chi connectivity index (χ1n) is 4.97. The van der Waals surface area contributed by atoms with Gasteiger partial charge in [0.15, 0.2) is 0 Å². The minimum absolute atomic E-state index is 0.175. The molecular weight excluding hydrogens is 302 g/mol. The van der Waals surface area contributed by atoms with E-state index >= 15 is 0 Å². The Morgan fingerprint density at radius 3 is 2.74 bits per heavy atom. The first-order valence-corrected chi connectivity index (χ1v) is 7.33. The molecule has 0 fully saturated rings. The first kappa shape index (κ1) is 16.0. The molecule has 0 atom stereocenters. The molecule has 0 aliphatic heterocycles. The highest BCUT2D eigenvalue weighted by Gasteiger charge is 2.31. The number of rotatable bonds is 6. The molecule has 1 aromatic heterocycles. The van der Waals surface area contributed by atoms with Gasteiger partial charge in [-0.15, -0.1) is 11.3 Å². The van der Waals surface area contributed by atoms with Crippen molar-refractivity contribution in [3.8, 4) is 0 Å². The Morgan fingerprint density at radius 2 is 2.21 bits per heavy atom. The summed E-state index contributed by atoms with van der Waals surface area (Å²) in [6.07, 6.45) is 0. The maximum absolute atomic E-state index is 12.9. The number of hydrogen-bond acceptors (Lipinski definition) is 6. The number of nitrogens with two attached hydrogens (primary N) is 1. The largest absolute Gasteiger partial charge is 0.465 e. The Hall–Kier alpha value is -1.10. The molecule has 10 heteroatoms. The lowest BCUT2D eigenvalue weighted by Crippen LogP contribution is -2.41. The van der Waals surface area contributed by atoms with Crippen LogP contribution in [0.4, 0.5) is 8.78 Å². The highest BCUT2D eigenvalue weighted by Crippen LogP contribution is 2.23. The van der Waals surface area contributed by atoms with Crippen molar-refractivity contribution >= 4 is 27.3 Å². The van der Waals surface area contributed by atoms with Crippen LogP contribution in [0.5, 0.6) is 0 Å². The maximum atomic E-state index is 12.9. The van der Waals surface area contributed by atoms with E-state index in [1.807, 2.05) is 0 Å². The Labute approximate surface area is 112 Å². The lowest BCUT2D eigenvalue weighted by molar-refractivity contribution is 0.0170. The average molecular weight is 314 g/mol. The van der Waals surface area contributed by atoms with E-state index in [4.69, 9.17) is 5.73 Å². The Kier molecular flexibility index (Phi) is 4.96. The molecule has 0 amide bonds. The predicted octanol–water partition coefficient (Wildman–Crippen LogP) is 0.407. The number of hydrogen-bond donors (Lipinski definition) is 2. The number of halogens is 2. The highest BCUT2D eigenvalue weighted by atomic mass is 32.2. The molecule has 0 spiro atoms. The fourth-order valence-electron chi connectivity index (χ4n) is 1.10. The van der Waals surface area contributed by atoms with Crippen LogP contribution in [0.1, 0.15) is 9.67 Å². The molecule has 1 heterocycles. The summed E-state index contributed by atoms with van der Waals surface area (Å²) in [6, 6.07) is 1.14. The zero-order chi connectivity index (χ0) is 14.7. The summed E-state index contributed by atoms with van der Waals surface area (Å²) in [5.41, 5.74) is 4.80. The van der Waals surface area contributed by atoms with E-state index in [2.05, 4.69) is 4.74 Å². The summed E-state index contributed by atoms with van der Waals surface area (Å²) in [5, 5.41) is 1.35. The van der Waals surface area contributed by atoms with Crippen molar-refractivity contribution in [2.24, 2.45) is 5.73 Å². The second-order valence-corrected chi connectivity index (χ2v) is 6.14. The Balaban J connectivity index is 2.96. The number of carbonyl (C=O) groups is 1. The molecule has 3 N–H and O–H groups in total. The van der Waals surface area contributed by atoms with E-state index in [1.165, 1.54) is 5.38 Å². The molecule has 0 bridgehead atoms. The smallest absolute Gasteiger partial charge is 0.349 e. The number of ether oxygens (including phenoxy) is 1. The fourth-order valence-corrected chi connectivity index (χ4v) is 3.50. The second-order valence-electron chi connectivity index (χ2n) is 3.49. The van der Waals surface area contributed by atoms with Crippen molar-refractivity contribution in [2.75, 3.05) is 20.2 Å². The molecule has 1 aromatic rings. The zero-order valence-electron chi connectivity index (χ0n) is 9.85. The number of carbonyl (C=O) groups excluding carboxylic acids is 1. The normalized spacial score (nSPS) is 12.4. The molecule has 0 aliphatic carbocycles. The third kappa shape index (κ3) is 3.93. The Morgan fingerprint density at radius 1 is 1.58 bits per heavy atom. The van der Waals surface area contributed by atoms with Crippen LogP contribution in [-0.4, -0.2) is 40.5 Å². The summed E-state index contributed by atoms with van der Waals surface area (Å²) >= 11 is 0.842. The van der Waals surface area contributed by atoms with Crippen molar-refractivity contribution in [1.29, 1.82) is 0 Å². The zero-order valence-corrected chi connectivity index (χ0v) is 11.5. The standard InChI is InChI=1S/C9H12F2N2O4S2/c1-17-8(14)7-6(2-3-18-7)19(15,16)13-5-9(10,11)4-12/h2-3,13H,4-5,12H2,1H3. The molecule has 0 unspecified atom stereocenters. The van der Waals surface area contributed by atoms with Gasteiger partial charge in [0.25, 0.3) is 5.92 Å². The van der Waals surface area contributed by atoms with E-state index < -0.39 is 39.9 Å². The van der Waals surface area contributed by atoms with E-state index in [9.17, 15) is 22.0 Å². The van der Waals surface area contributed by atoms with E-state index in [0.29, 0.717) is 0 Å². The van der Waals surface area contributed by atoms with E-state index in [1.54, 1.807) is 4.72 Å². The summed E-state index contributed by atoms with van der Waals surface area (Å²) in [4.78, 5) is 10.8. The third-order valence-corrected chi connectivity index (χ3v) is 4.58. The Bertz CT molecular complexity index is 556. The molecular formula is C9H12F2N2O4S2. The van der Waals surface area contributed by atoms with Crippen LogP contribution in [0.15, 0.2) is 16.3 Å². The number of esters is 1. The van der Waals surface area contributed by atoms with Gasteiger partial charge in [-0.25, -0.2) is 26.7 Å². The van der Waals surface area contributed by atoms with Crippen molar-refractivity contribution in [2.45, 2.75) is 10.8 Å². The minimum atomic E-state index is -4.22. The van der Waals surface area contributed by atoms with Gasteiger partial charge in [-0.1, -0.05) is 0 Å². The molecule has 0 saturated heterocycles. The van der Waals surface area contributed by atoms with Crippen LogP contribution in [0, 0.1) is 0 Å². The predicted molar refractivity (Wildman–Crippen MR) is 64.8 cm³/mol. The lowest BCUT2D eigenvalue weighted by Gasteiger charge is -2.14. The third-order valence-electron chi connectivity index (χ3n) is 2.11. The summed E-state index contributed by atoms with van der Waals surface area (Å²) in [5.74, 6) is -4.20. The molecule has 108 valence electrons. The van der Waals surface area contributed by atoms with Gasteiger partial charge < -0.3 is 10.5 Å². The van der Waals surface area contributed by atoms with Gasteiger partial charge in [0, 0.05) is 0 Å². The van der Waals surface area contributed by atoms with Crippen molar-refractivity contribution in [3.63, 3.8) is 0 Å². The van der Waals surface area contributed by atoms with Crippen LogP contribution in [0.2, 0.25) is 0 Å². The summed E-state index contributed by atoms with van der Waals surface area (Å²) in [6.45, 7) is -2.12. The van der Waals surface area contributed by atoms with Gasteiger partial charge >= 0.3 is 5.97 Å². The number of alkyl halides is 2. The highest BCUT2D eigenvalue weighted by molar-refractivity contribution is 7.89. The molecule has 0 aromatic carbocycles. The topological polar surface area (TPSA) is 98.5 Å². The quantitative estimate of drug-likeness (QED) is 0.741. The number of methoxy groups -OCH3 is 1. The molecule has 0 saturated carbocycles. The summed E-state index contributed by atoms with van der Waals surface area (Å²) in [7, 11) is -3.13. The second kappa shape index (κ2) is 5.90. The first-order chi connectivity index (χ1) is 8.73. The van der Waals surface area contributed by atoms with Crippen LogP contribution < -0.4 is 10.5 Å². The SMILES string of the molecule is COC(=O)c1sccc1S(=O)(=O)NCC(F)(F)CN. The van der Waals surface area contributed by atoms with Crippen LogP contribution in [0.25, 0.3) is 0 Å². The summed E-state index contributed by atoms with van der Waals surface area (Å²) < 4.78 is 55.6. The van der Waals surface area contributed by atoms with Crippen molar-refractivity contribution in [3.05, 3.63) is 16.3 Å². The number of nitrogens with one attached hydrogen (secondary N) is 1. The van der Waals surface area contributed by atoms with Gasteiger partial charge in [-0.2, -0.15) is 0 Å². The van der Waals surface area contributed by atoms with Crippen LogP contribution in [0.3, 0.4) is 0 Å². The van der Waals surface area contributed by atoms with Gasteiger partial charge in [-0.05, 0) is 11.4 Å². The van der Waals surface area contributed by atoms with Gasteiger partial charge in [0.1, 0.15) is 9.77 Å². The molecule has 0 radical (unpaired) electrons. The molecule has 19 heavy (non-hydrogen) atoms. The van der Waals surface area contributed by atoms with Gasteiger partial charge in [0.05, 0.1) is 20.2 Å². The van der Waals surface area contributed by atoms with E-state index in [0.717, 1.165) is 24.5 Å². The maximum Gasteiger partial charge on any atom is 0.349 e. The van der Waals surface area contributed by atoms with Gasteiger partial charge in [0.2, 0.25) is 10.0 Å². The minimum Gasteiger partial charge on any atom is -0.465 e. The van der Waals surface area contributed by atoms with Crippen molar-refractivity contribution in [1.82, 2.24) is 4.72 Å².